The van der Waals surface area contributed by atoms with Gasteiger partial charge in [-0.05, 0) is 48.0 Å². The Bertz CT molecular complexity index is 1670. The lowest BCUT2D eigenvalue weighted by atomic mass is 9.95. The number of fused-ring (bicyclic) bond motifs is 2. The zero-order valence-corrected chi connectivity index (χ0v) is 20.3. The maximum Gasteiger partial charge on any atom is 0.296 e. The normalized spacial score (nSPS) is 15.9. The van der Waals surface area contributed by atoms with Crippen molar-refractivity contribution in [1.82, 2.24) is 4.98 Å². The number of aliphatic hydroxyl groups excluding tert-OH is 1. The van der Waals surface area contributed by atoms with Crippen LogP contribution in [0.5, 0.6) is 5.75 Å². The number of aliphatic hydroxyl groups is 1. The van der Waals surface area contributed by atoms with E-state index in [-0.39, 0.29) is 11.3 Å². The molecule has 1 aliphatic rings. The number of ether oxygens (including phenoxy) is 1. The second-order valence-electron chi connectivity index (χ2n) is 8.20. The SMILES string of the molecule is COc1ccc2nc(N3C(=O)C(O)=C(C(=O)c4cc5ccccc5o4)C3c3ccc(Cl)cc3)sc2c1. The van der Waals surface area contributed by atoms with Crippen LogP contribution in [-0.2, 0) is 4.79 Å². The van der Waals surface area contributed by atoms with Crippen molar-refractivity contribution >= 4 is 60.9 Å². The number of aromatic nitrogens is 1. The van der Waals surface area contributed by atoms with E-state index >= 15 is 0 Å². The zero-order valence-electron chi connectivity index (χ0n) is 18.8. The van der Waals surface area contributed by atoms with E-state index in [1.54, 1.807) is 61.7 Å². The topological polar surface area (TPSA) is 92.9 Å². The van der Waals surface area contributed by atoms with Crippen LogP contribution in [-0.4, -0.2) is 28.9 Å². The molecule has 0 bridgehead atoms. The number of carbonyl (C=O) groups is 2. The predicted octanol–water partition coefficient (Wildman–Crippen LogP) is 6.49. The fraction of sp³-hybridized carbons (Fsp3) is 0.0741. The van der Waals surface area contributed by atoms with E-state index < -0.39 is 23.5 Å². The molecular formula is C27H17ClN2O5S. The van der Waals surface area contributed by atoms with Crippen molar-refractivity contribution in [2.24, 2.45) is 0 Å². The summed E-state index contributed by atoms with van der Waals surface area (Å²) < 4.78 is 11.9. The van der Waals surface area contributed by atoms with Gasteiger partial charge in [-0.3, -0.25) is 14.5 Å². The van der Waals surface area contributed by atoms with E-state index in [2.05, 4.69) is 4.98 Å². The number of methoxy groups -OCH3 is 1. The number of ketones is 1. The number of rotatable bonds is 5. The Labute approximate surface area is 213 Å². The van der Waals surface area contributed by atoms with Gasteiger partial charge >= 0.3 is 0 Å². The van der Waals surface area contributed by atoms with Crippen molar-refractivity contribution in [2.45, 2.75) is 6.04 Å². The van der Waals surface area contributed by atoms with Crippen LogP contribution in [0, 0.1) is 0 Å². The first kappa shape index (κ1) is 22.3. The fourth-order valence-corrected chi connectivity index (χ4v) is 5.49. The molecule has 1 unspecified atom stereocenters. The van der Waals surface area contributed by atoms with Crippen LogP contribution in [0.25, 0.3) is 21.2 Å². The van der Waals surface area contributed by atoms with Crippen molar-refractivity contribution in [1.29, 1.82) is 0 Å². The molecule has 0 spiro atoms. The van der Waals surface area contributed by atoms with Gasteiger partial charge in [0, 0.05) is 10.4 Å². The number of halogens is 1. The van der Waals surface area contributed by atoms with Crippen molar-refractivity contribution in [3.63, 3.8) is 0 Å². The van der Waals surface area contributed by atoms with E-state index in [1.165, 1.54) is 16.2 Å². The molecule has 0 fully saturated rings. The maximum absolute atomic E-state index is 13.7. The number of hydrogen-bond acceptors (Lipinski definition) is 7. The van der Waals surface area contributed by atoms with Gasteiger partial charge in [-0.2, -0.15) is 0 Å². The number of thiazole rings is 1. The van der Waals surface area contributed by atoms with Crippen LogP contribution in [0.15, 0.2) is 88.5 Å². The first-order chi connectivity index (χ1) is 17.4. The van der Waals surface area contributed by atoms with Crippen LogP contribution in [0.2, 0.25) is 5.02 Å². The smallest absolute Gasteiger partial charge is 0.296 e. The summed E-state index contributed by atoms with van der Waals surface area (Å²) in [5, 5.41) is 12.6. The molecule has 0 aliphatic carbocycles. The molecule has 3 aromatic carbocycles. The Morgan fingerprint density at radius 1 is 1.11 bits per heavy atom. The summed E-state index contributed by atoms with van der Waals surface area (Å²) in [6.45, 7) is 0. The Morgan fingerprint density at radius 2 is 1.89 bits per heavy atom. The third-order valence-electron chi connectivity index (χ3n) is 6.08. The van der Waals surface area contributed by atoms with Crippen molar-refractivity contribution in [3.8, 4) is 5.75 Å². The number of hydrogen-bond donors (Lipinski definition) is 1. The summed E-state index contributed by atoms with van der Waals surface area (Å²) in [4.78, 5) is 33.1. The third-order valence-corrected chi connectivity index (χ3v) is 7.35. The molecule has 1 amide bonds. The van der Waals surface area contributed by atoms with Gasteiger partial charge in [0.2, 0.25) is 5.78 Å². The number of furan rings is 1. The van der Waals surface area contributed by atoms with Gasteiger partial charge in [-0.15, -0.1) is 0 Å². The highest BCUT2D eigenvalue weighted by atomic mass is 35.5. The van der Waals surface area contributed by atoms with Crippen molar-refractivity contribution in [3.05, 3.63) is 100 Å². The molecule has 36 heavy (non-hydrogen) atoms. The second-order valence-corrected chi connectivity index (χ2v) is 9.64. The molecule has 9 heteroatoms. The highest BCUT2D eigenvalue weighted by Crippen LogP contribution is 2.45. The van der Waals surface area contributed by atoms with Gasteiger partial charge < -0.3 is 14.3 Å². The van der Waals surface area contributed by atoms with E-state index in [1.807, 2.05) is 18.2 Å². The largest absolute Gasteiger partial charge is 0.503 e. The van der Waals surface area contributed by atoms with Crippen LogP contribution in [0.1, 0.15) is 22.2 Å². The molecule has 5 aromatic rings. The highest BCUT2D eigenvalue weighted by Gasteiger charge is 2.46. The summed E-state index contributed by atoms with van der Waals surface area (Å²) in [6.07, 6.45) is 0. The Morgan fingerprint density at radius 3 is 2.64 bits per heavy atom. The van der Waals surface area contributed by atoms with Gasteiger partial charge in [-0.25, -0.2) is 4.98 Å². The Kier molecular flexibility index (Phi) is 5.28. The molecule has 178 valence electrons. The minimum Gasteiger partial charge on any atom is -0.503 e. The summed E-state index contributed by atoms with van der Waals surface area (Å²) in [5.41, 5.74) is 1.70. The van der Waals surface area contributed by atoms with Crippen molar-refractivity contribution in [2.75, 3.05) is 12.0 Å². The number of para-hydroxylation sites is 1. The first-order valence-electron chi connectivity index (χ1n) is 10.9. The minimum atomic E-state index is -0.932. The number of anilines is 1. The van der Waals surface area contributed by atoms with Gasteiger partial charge in [0.25, 0.3) is 5.91 Å². The standard InChI is InChI=1S/C27H17ClN2O5S/c1-34-17-10-11-18-21(13-17)36-27(29-18)30-23(14-6-8-16(28)9-7-14)22(25(32)26(30)33)24(31)20-12-15-4-2-3-5-19(15)35-20/h2-13,23,32H,1H3. The van der Waals surface area contributed by atoms with E-state index in [0.29, 0.717) is 32.6 Å². The second kappa shape index (κ2) is 8.51. The molecule has 1 aliphatic heterocycles. The number of nitrogens with zero attached hydrogens (tertiary/aromatic N) is 2. The lowest BCUT2D eigenvalue weighted by Crippen LogP contribution is -2.30. The molecule has 2 aromatic heterocycles. The molecule has 0 radical (unpaired) electrons. The molecule has 0 saturated carbocycles. The molecule has 0 saturated heterocycles. The summed E-state index contributed by atoms with van der Waals surface area (Å²) in [5.74, 6) is -1.26. The molecule has 7 nitrogen and oxygen atoms in total. The summed E-state index contributed by atoms with van der Waals surface area (Å²) in [6, 6.07) is 20.0. The van der Waals surface area contributed by atoms with E-state index in [4.69, 9.17) is 20.8 Å². The Hall–Kier alpha value is -4.14. The van der Waals surface area contributed by atoms with Gasteiger partial charge in [0.15, 0.2) is 16.7 Å². The number of benzene rings is 3. The van der Waals surface area contributed by atoms with Crippen LogP contribution < -0.4 is 9.64 Å². The Balaban J connectivity index is 1.50. The van der Waals surface area contributed by atoms with Gasteiger partial charge in [0.1, 0.15) is 11.3 Å². The number of Topliss-reactive ketones (excluding diaryl/α,β-unsaturated/α-hetero) is 1. The molecule has 3 heterocycles. The lowest BCUT2D eigenvalue weighted by Gasteiger charge is -2.24. The molecule has 6 rings (SSSR count). The average molecular weight is 517 g/mol. The minimum absolute atomic E-state index is 0.0281. The van der Waals surface area contributed by atoms with Crippen LogP contribution >= 0.6 is 22.9 Å². The molecule has 1 atom stereocenters. The summed E-state index contributed by atoms with van der Waals surface area (Å²) in [7, 11) is 1.57. The molecule has 1 N–H and O–H groups in total. The fourth-order valence-electron chi connectivity index (χ4n) is 4.34. The van der Waals surface area contributed by atoms with Crippen molar-refractivity contribution < 1.29 is 23.8 Å². The van der Waals surface area contributed by atoms with Gasteiger partial charge in [-0.1, -0.05) is 53.3 Å². The number of carbonyl (C=O) groups excluding carboxylic acids is 2. The third kappa shape index (κ3) is 3.54. The van der Waals surface area contributed by atoms with E-state index in [9.17, 15) is 14.7 Å². The van der Waals surface area contributed by atoms with Crippen LogP contribution in [0.4, 0.5) is 5.13 Å². The quantitative estimate of drug-likeness (QED) is 0.268. The number of amides is 1. The summed E-state index contributed by atoms with van der Waals surface area (Å²) >= 11 is 7.37. The predicted molar refractivity (Wildman–Crippen MR) is 138 cm³/mol. The van der Waals surface area contributed by atoms with Gasteiger partial charge in [0.05, 0.1) is 28.9 Å². The van der Waals surface area contributed by atoms with Crippen LogP contribution in [0.3, 0.4) is 0 Å². The molecular weight excluding hydrogens is 500 g/mol. The first-order valence-corrected chi connectivity index (χ1v) is 12.1. The maximum atomic E-state index is 13.7. The highest BCUT2D eigenvalue weighted by molar-refractivity contribution is 7.22. The lowest BCUT2D eigenvalue weighted by molar-refractivity contribution is -0.117. The van der Waals surface area contributed by atoms with E-state index in [0.717, 1.165) is 10.1 Å². The monoisotopic (exact) mass is 516 g/mol. The average Bonchev–Trinajstić information content (AvgIpc) is 3.58. The zero-order chi connectivity index (χ0) is 25.0.